The van der Waals surface area contributed by atoms with Gasteiger partial charge >= 0.3 is 5.97 Å². The molecule has 0 aromatic rings. The molecular weight excluding hydrogens is 256 g/mol. The van der Waals surface area contributed by atoms with E-state index in [4.69, 9.17) is 0 Å². The summed E-state index contributed by atoms with van der Waals surface area (Å²) in [5.41, 5.74) is 0. The molecule has 1 atom stereocenters. The lowest BCUT2D eigenvalue weighted by Gasteiger charge is -2.32. The van der Waals surface area contributed by atoms with E-state index < -0.39 is 22.2 Å². The van der Waals surface area contributed by atoms with Crippen molar-refractivity contribution in [2.75, 3.05) is 13.6 Å². The van der Waals surface area contributed by atoms with Crippen molar-refractivity contribution in [1.29, 1.82) is 0 Å². The van der Waals surface area contributed by atoms with Crippen molar-refractivity contribution in [2.45, 2.75) is 51.6 Å². The Kier molecular flexibility index (Phi) is 5.12. The SMILES string of the molecule is CC(C)N(C)S(=O)(=O)N1CCCCCC1C(=O)O. The maximum atomic E-state index is 12.4. The van der Waals surface area contributed by atoms with Crippen molar-refractivity contribution in [1.82, 2.24) is 8.61 Å². The lowest BCUT2D eigenvalue weighted by Crippen LogP contribution is -2.51. The lowest BCUT2D eigenvalue weighted by atomic mass is 10.1. The number of carbonyl (C=O) groups is 1. The first-order valence-electron chi connectivity index (χ1n) is 6.26. The first kappa shape index (κ1) is 15.4. The summed E-state index contributed by atoms with van der Waals surface area (Å²) < 4.78 is 27.1. The Balaban J connectivity index is 3.05. The highest BCUT2D eigenvalue weighted by atomic mass is 32.2. The van der Waals surface area contributed by atoms with E-state index in [-0.39, 0.29) is 12.6 Å². The third kappa shape index (κ3) is 3.21. The van der Waals surface area contributed by atoms with Gasteiger partial charge in [-0.15, -0.1) is 0 Å². The highest BCUT2D eigenvalue weighted by Crippen LogP contribution is 2.22. The fraction of sp³-hybridized carbons (Fsp3) is 0.909. The van der Waals surface area contributed by atoms with E-state index in [9.17, 15) is 18.3 Å². The smallest absolute Gasteiger partial charge is 0.322 e. The van der Waals surface area contributed by atoms with Gasteiger partial charge in [0.1, 0.15) is 6.04 Å². The van der Waals surface area contributed by atoms with Crippen molar-refractivity contribution >= 4 is 16.2 Å². The standard InChI is InChI=1S/C11H22N2O4S/c1-9(2)12(3)18(16,17)13-8-6-4-5-7-10(13)11(14)15/h9-10H,4-8H2,1-3H3,(H,14,15). The molecule has 0 aromatic heterocycles. The second kappa shape index (κ2) is 5.99. The molecule has 0 bridgehead atoms. The van der Waals surface area contributed by atoms with E-state index in [0.29, 0.717) is 6.42 Å². The van der Waals surface area contributed by atoms with E-state index in [1.807, 2.05) is 0 Å². The Bertz CT molecular complexity index is 394. The number of hydrogen-bond acceptors (Lipinski definition) is 3. The number of rotatable bonds is 4. The second-order valence-electron chi connectivity index (χ2n) is 4.93. The molecule has 1 heterocycles. The molecule has 0 aliphatic carbocycles. The third-order valence-electron chi connectivity index (χ3n) is 3.38. The maximum Gasteiger partial charge on any atom is 0.322 e. The number of carboxylic acid groups (broad SMARTS) is 1. The zero-order valence-electron chi connectivity index (χ0n) is 11.2. The van der Waals surface area contributed by atoms with Gasteiger partial charge in [0.05, 0.1) is 0 Å². The van der Waals surface area contributed by atoms with Gasteiger partial charge in [0.25, 0.3) is 10.2 Å². The van der Waals surface area contributed by atoms with Crippen LogP contribution in [-0.2, 0) is 15.0 Å². The highest BCUT2D eigenvalue weighted by molar-refractivity contribution is 7.86. The summed E-state index contributed by atoms with van der Waals surface area (Å²) in [5.74, 6) is -1.06. The molecule has 1 aliphatic rings. The molecule has 1 saturated heterocycles. The molecular formula is C11H22N2O4S. The first-order chi connectivity index (χ1) is 8.28. The molecule has 7 heteroatoms. The van der Waals surface area contributed by atoms with Crippen LogP contribution in [0.1, 0.15) is 39.5 Å². The van der Waals surface area contributed by atoms with Crippen LogP contribution in [0, 0.1) is 0 Å². The van der Waals surface area contributed by atoms with Crippen LogP contribution in [0.2, 0.25) is 0 Å². The molecule has 106 valence electrons. The molecule has 1 N–H and O–H groups in total. The Morgan fingerprint density at radius 3 is 2.44 bits per heavy atom. The summed E-state index contributed by atoms with van der Waals surface area (Å²) in [6.45, 7) is 3.83. The highest BCUT2D eigenvalue weighted by Gasteiger charge is 2.38. The molecule has 0 spiro atoms. The Morgan fingerprint density at radius 2 is 1.94 bits per heavy atom. The monoisotopic (exact) mass is 278 g/mol. The van der Waals surface area contributed by atoms with Crippen molar-refractivity contribution in [3.63, 3.8) is 0 Å². The van der Waals surface area contributed by atoms with Gasteiger partial charge in [-0.05, 0) is 26.7 Å². The largest absolute Gasteiger partial charge is 0.480 e. The summed E-state index contributed by atoms with van der Waals surface area (Å²) in [6.07, 6.45) is 2.74. The Labute approximate surface area is 109 Å². The molecule has 1 fully saturated rings. The number of aliphatic carboxylic acids is 1. The summed E-state index contributed by atoms with van der Waals surface area (Å²) >= 11 is 0. The van der Waals surface area contributed by atoms with Crippen molar-refractivity contribution in [3.8, 4) is 0 Å². The second-order valence-corrected chi connectivity index (χ2v) is 6.87. The Morgan fingerprint density at radius 1 is 1.33 bits per heavy atom. The molecule has 18 heavy (non-hydrogen) atoms. The van der Waals surface area contributed by atoms with Gasteiger partial charge in [-0.1, -0.05) is 12.8 Å². The normalized spacial score (nSPS) is 23.3. The van der Waals surface area contributed by atoms with Crippen LogP contribution in [0.4, 0.5) is 0 Å². The van der Waals surface area contributed by atoms with Gasteiger partial charge in [0, 0.05) is 19.6 Å². The molecule has 1 rings (SSSR count). The topological polar surface area (TPSA) is 77.9 Å². The van der Waals surface area contributed by atoms with Gasteiger partial charge in [-0.25, -0.2) is 0 Å². The molecule has 1 unspecified atom stereocenters. The van der Waals surface area contributed by atoms with E-state index in [1.54, 1.807) is 13.8 Å². The van der Waals surface area contributed by atoms with Gasteiger partial charge < -0.3 is 5.11 Å². The van der Waals surface area contributed by atoms with Gasteiger partial charge in [0.15, 0.2) is 0 Å². The maximum absolute atomic E-state index is 12.4. The zero-order valence-corrected chi connectivity index (χ0v) is 12.0. The molecule has 1 aliphatic heterocycles. The quantitative estimate of drug-likeness (QED) is 0.829. The predicted molar refractivity (Wildman–Crippen MR) is 68.4 cm³/mol. The van der Waals surface area contributed by atoms with Gasteiger partial charge in [0.2, 0.25) is 0 Å². The molecule has 0 aromatic carbocycles. The Hall–Kier alpha value is -0.660. The van der Waals surface area contributed by atoms with E-state index in [2.05, 4.69) is 0 Å². The van der Waals surface area contributed by atoms with Crippen LogP contribution in [0.3, 0.4) is 0 Å². The first-order valence-corrected chi connectivity index (χ1v) is 7.65. The van der Waals surface area contributed by atoms with E-state index in [1.165, 1.54) is 11.4 Å². The minimum absolute atomic E-state index is 0.187. The molecule has 0 radical (unpaired) electrons. The van der Waals surface area contributed by atoms with Crippen LogP contribution >= 0.6 is 0 Å². The minimum Gasteiger partial charge on any atom is -0.480 e. The summed E-state index contributed by atoms with van der Waals surface area (Å²) in [7, 11) is -2.20. The van der Waals surface area contributed by atoms with E-state index in [0.717, 1.165) is 23.6 Å². The van der Waals surface area contributed by atoms with Crippen molar-refractivity contribution in [2.24, 2.45) is 0 Å². The summed E-state index contributed by atoms with van der Waals surface area (Å²) in [6, 6.07) is -1.12. The number of hydrogen-bond donors (Lipinski definition) is 1. The zero-order chi connectivity index (χ0) is 13.9. The number of nitrogens with zero attached hydrogens (tertiary/aromatic N) is 2. The third-order valence-corrected chi connectivity index (χ3v) is 5.56. The molecule has 0 saturated carbocycles. The fourth-order valence-electron chi connectivity index (χ4n) is 2.04. The average molecular weight is 278 g/mol. The van der Waals surface area contributed by atoms with Crippen molar-refractivity contribution < 1.29 is 18.3 Å². The molecule has 6 nitrogen and oxygen atoms in total. The average Bonchev–Trinajstić information content (AvgIpc) is 2.53. The van der Waals surface area contributed by atoms with Crippen LogP contribution in [0.25, 0.3) is 0 Å². The van der Waals surface area contributed by atoms with Gasteiger partial charge in [-0.3, -0.25) is 4.79 Å². The number of carboxylic acids is 1. The van der Waals surface area contributed by atoms with Crippen LogP contribution < -0.4 is 0 Å². The van der Waals surface area contributed by atoms with Crippen LogP contribution in [-0.4, -0.2) is 53.8 Å². The predicted octanol–water partition coefficient (Wildman–Crippen LogP) is 0.901. The van der Waals surface area contributed by atoms with Gasteiger partial charge in [-0.2, -0.15) is 17.0 Å². The minimum atomic E-state index is -3.69. The summed E-state index contributed by atoms with van der Waals surface area (Å²) in [4.78, 5) is 11.2. The summed E-state index contributed by atoms with van der Waals surface area (Å²) in [5, 5.41) is 9.19. The fourth-order valence-corrected chi connectivity index (χ4v) is 3.78. The molecule has 0 amide bonds. The lowest BCUT2D eigenvalue weighted by molar-refractivity contribution is -0.141. The van der Waals surface area contributed by atoms with Crippen molar-refractivity contribution in [3.05, 3.63) is 0 Å². The van der Waals surface area contributed by atoms with Crippen LogP contribution in [0.15, 0.2) is 0 Å². The van der Waals surface area contributed by atoms with Crippen LogP contribution in [0.5, 0.6) is 0 Å². The van der Waals surface area contributed by atoms with E-state index >= 15 is 0 Å².